The molecule has 2 unspecified atom stereocenters. The molecular formula is C22H27NO4. The van der Waals surface area contributed by atoms with Gasteiger partial charge in [0.25, 0.3) is 0 Å². The van der Waals surface area contributed by atoms with Crippen molar-refractivity contribution in [3.05, 3.63) is 65.7 Å². The summed E-state index contributed by atoms with van der Waals surface area (Å²) in [4.78, 5) is 24.6. The van der Waals surface area contributed by atoms with Crippen molar-refractivity contribution in [3.63, 3.8) is 0 Å². The van der Waals surface area contributed by atoms with Crippen LogP contribution in [0.3, 0.4) is 0 Å². The van der Waals surface area contributed by atoms with Gasteiger partial charge in [0, 0.05) is 12.5 Å². The van der Waals surface area contributed by atoms with Gasteiger partial charge >= 0.3 is 5.97 Å². The maximum atomic E-state index is 12.6. The number of methoxy groups -OCH3 is 1. The maximum Gasteiger partial charge on any atom is 0.315 e. The molecule has 0 aromatic heterocycles. The van der Waals surface area contributed by atoms with Gasteiger partial charge in [-0.15, -0.1) is 0 Å². The number of aliphatic carboxylic acids is 1. The molecule has 0 heterocycles. The molecule has 2 aromatic rings. The van der Waals surface area contributed by atoms with Gasteiger partial charge in [0.1, 0.15) is 11.2 Å². The summed E-state index contributed by atoms with van der Waals surface area (Å²) in [6.45, 7) is 3.74. The van der Waals surface area contributed by atoms with Gasteiger partial charge in [-0.05, 0) is 36.1 Å². The van der Waals surface area contributed by atoms with Crippen LogP contribution in [0.4, 0.5) is 0 Å². The van der Waals surface area contributed by atoms with Crippen LogP contribution in [0.5, 0.6) is 5.75 Å². The average molecular weight is 369 g/mol. The number of carboxylic acid groups (broad SMARTS) is 1. The molecule has 0 bridgehead atoms. The van der Waals surface area contributed by atoms with Gasteiger partial charge in [-0.1, -0.05) is 56.3 Å². The van der Waals surface area contributed by atoms with Crippen LogP contribution in [0.15, 0.2) is 54.6 Å². The van der Waals surface area contributed by atoms with Gasteiger partial charge in [0.05, 0.1) is 7.11 Å². The topological polar surface area (TPSA) is 75.6 Å². The first-order chi connectivity index (χ1) is 12.9. The zero-order chi connectivity index (χ0) is 19.9. The lowest BCUT2D eigenvalue weighted by Crippen LogP contribution is -2.47. The van der Waals surface area contributed by atoms with Crippen molar-refractivity contribution in [1.29, 1.82) is 0 Å². The fourth-order valence-corrected chi connectivity index (χ4v) is 3.16. The highest BCUT2D eigenvalue weighted by atomic mass is 16.5. The molecule has 2 rings (SSSR count). The number of amides is 1. The van der Waals surface area contributed by atoms with E-state index in [1.165, 1.54) is 0 Å². The van der Waals surface area contributed by atoms with E-state index in [0.717, 1.165) is 11.3 Å². The van der Waals surface area contributed by atoms with Crippen LogP contribution in [0.25, 0.3) is 0 Å². The van der Waals surface area contributed by atoms with Crippen LogP contribution in [-0.2, 0) is 21.4 Å². The molecular weight excluding hydrogens is 342 g/mol. The Hall–Kier alpha value is -2.82. The SMILES string of the molecule is CCC(CNC(=O)C(C)Cc1ccc(OC)cc1)(C(=O)O)c1ccccc1. The minimum atomic E-state index is -1.13. The van der Waals surface area contributed by atoms with Crippen LogP contribution in [0.1, 0.15) is 31.4 Å². The van der Waals surface area contributed by atoms with Crippen molar-refractivity contribution in [2.45, 2.75) is 32.1 Å². The predicted octanol–water partition coefficient (Wildman–Crippen LogP) is 3.42. The van der Waals surface area contributed by atoms with E-state index in [0.29, 0.717) is 18.4 Å². The lowest BCUT2D eigenvalue weighted by Gasteiger charge is -2.29. The first kappa shape index (κ1) is 20.5. The highest BCUT2D eigenvalue weighted by molar-refractivity contribution is 5.84. The minimum Gasteiger partial charge on any atom is -0.497 e. The Kier molecular flexibility index (Phi) is 6.99. The number of benzene rings is 2. The molecule has 5 nitrogen and oxygen atoms in total. The number of rotatable bonds is 9. The van der Waals surface area contributed by atoms with Crippen molar-refractivity contribution < 1.29 is 19.4 Å². The Morgan fingerprint density at radius 3 is 2.26 bits per heavy atom. The van der Waals surface area contributed by atoms with Crippen LogP contribution in [-0.4, -0.2) is 30.6 Å². The van der Waals surface area contributed by atoms with Gasteiger partial charge in [-0.3, -0.25) is 9.59 Å². The number of nitrogens with one attached hydrogen (secondary N) is 1. The monoisotopic (exact) mass is 369 g/mol. The summed E-state index contributed by atoms with van der Waals surface area (Å²) in [6.07, 6.45) is 0.965. The molecule has 27 heavy (non-hydrogen) atoms. The Bertz CT molecular complexity index is 758. The molecule has 0 aliphatic heterocycles. The molecule has 0 aliphatic rings. The third-order valence-corrected chi connectivity index (χ3v) is 5.05. The van der Waals surface area contributed by atoms with Crippen molar-refractivity contribution in [2.75, 3.05) is 13.7 Å². The van der Waals surface area contributed by atoms with E-state index in [4.69, 9.17) is 4.74 Å². The number of carbonyl (C=O) groups is 2. The second kappa shape index (κ2) is 9.21. The van der Waals surface area contributed by atoms with E-state index in [1.54, 1.807) is 19.2 Å². The molecule has 0 saturated carbocycles. The Balaban J connectivity index is 2.05. The van der Waals surface area contributed by atoms with E-state index >= 15 is 0 Å². The summed E-state index contributed by atoms with van der Waals surface area (Å²) in [6, 6.07) is 16.7. The fourth-order valence-electron chi connectivity index (χ4n) is 3.16. The normalized spacial score (nSPS) is 14.0. The Morgan fingerprint density at radius 2 is 1.74 bits per heavy atom. The Labute approximate surface area is 160 Å². The molecule has 5 heteroatoms. The summed E-state index contributed by atoms with van der Waals surface area (Å²) in [5.41, 5.74) is 0.598. The van der Waals surface area contributed by atoms with E-state index in [1.807, 2.05) is 56.3 Å². The Morgan fingerprint density at radius 1 is 1.11 bits per heavy atom. The highest BCUT2D eigenvalue weighted by Gasteiger charge is 2.39. The highest BCUT2D eigenvalue weighted by Crippen LogP contribution is 2.28. The number of carboxylic acids is 1. The third kappa shape index (κ3) is 4.88. The molecule has 1 amide bonds. The van der Waals surface area contributed by atoms with Crippen LogP contribution >= 0.6 is 0 Å². The molecule has 2 aromatic carbocycles. The molecule has 2 atom stereocenters. The average Bonchev–Trinajstić information content (AvgIpc) is 2.69. The van der Waals surface area contributed by atoms with Crippen molar-refractivity contribution >= 4 is 11.9 Å². The number of hydrogen-bond acceptors (Lipinski definition) is 3. The van der Waals surface area contributed by atoms with Gasteiger partial charge in [0.2, 0.25) is 5.91 Å². The first-order valence-electron chi connectivity index (χ1n) is 9.12. The first-order valence-corrected chi connectivity index (χ1v) is 9.12. The molecule has 0 aliphatic carbocycles. The largest absolute Gasteiger partial charge is 0.497 e. The second-order valence-electron chi connectivity index (χ2n) is 6.78. The molecule has 0 saturated heterocycles. The summed E-state index contributed by atoms with van der Waals surface area (Å²) >= 11 is 0. The standard InChI is InChI=1S/C22H27NO4/c1-4-22(21(25)26,18-8-6-5-7-9-18)15-23-20(24)16(2)14-17-10-12-19(27-3)13-11-17/h5-13,16H,4,14-15H2,1-3H3,(H,23,24)(H,25,26). The smallest absolute Gasteiger partial charge is 0.315 e. The summed E-state index contributed by atoms with van der Waals surface area (Å²) < 4.78 is 5.14. The lowest BCUT2D eigenvalue weighted by molar-refractivity contribution is -0.144. The molecule has 0 fully saturated rings. The number of ether oxygens (including phenoxy) is 1. The summed E-state index contributed by atoms with van der Waals surface area (Å²) in [5.74, 6) is -0.578. The number of carbonyl (C=O) groups excluding carboxylic acids is 1. The summed E-state index contributed by atoms with van der Waals surface area (Å²) in [5, 5.41) is 12.7. The van der Waals surface area contributed by atoms with Gasteiger partial charge in [0.15, 0.2) is 0 Å². The third-order valence-electron chi connectivity index (χ3n) is 5.05. The lowest BCUT2D eigenvalue weighted by atomic mass is 9.78. The zero-order valence-corrected chi connectivity index (χ0v) is 16.1. The molecule has 0 radical (unpaired) electrons. The van der Waals surface area contributed by atoms with Gasteiger partial charge < -0.3 is 15.2 Å². The molecule has 144 valence electrons. The van der Waals surface area contributed by atoms with Crippen LogP contribution in [0, 0.1) is 5.92 Å². The zero-order valence-electron chi connectivity index (χ0n) is 16.1. The fraction of sp³-hybridized carbons (Fsp3) is 0.364. The second-order valence-corrected chi connectivity index (χ2v) is 6.78. The minimum absolute atomic E-state index is 0.0641. The molecule has 2 N–H and O–H groups in total. The van der Waals surface area contributed by atoms with E-state index < -0.39 is 11.4 Å². The quantitative estimate of drug-likeness (QED) is 0.710. The van der Waals surface area contributed by atoms with Crippen molar-refractivity contribution in [3.8, 4) is 5.75 Å². The number of hydrogen-bond donors (Lipinski definition) is 2. The maximum absolute atomic E-state index is 12.6. The van der Waals surface area contributed by atoms with E-state index in [-0.39, 0.29) is 18.4 Å². The summed E-state index contributed by atoms with van der Waals surface area (Å²) in [7, 11) is 1.61. The van der Waals surface area contributed by atoms with Crippen LogP contribution in [0.2, 0.25) is 0 Å². The van der Waals surface area contributed by atoms with E-state index in [9.17, 15) is 14.7 Å². The van der Waals surface area contributed by atoms with Crippen molar-refractivity contribution in [1.82, 2.24) is 5.32 Å². The van der Waals surface area contributed by atoms with Gasteiger partial charge in [-0.2, -0.15) is 0 Å². The van der Waals surface area contributed by atoms with E-state index in [2.05, 4.69) is 5.32 Å². The molecule has 0 spiro atoms. The van der Waals surface area contributed by atoms with Crippen LogP contribution < -0.4 is 10.1 Å². The van der Waals surface area contributed by atoms with Crippen molar-refractivity contribution in [2.24, 2.45) is 5.92 Å². The predicted molar refractivity (Wildman–Crippen MR) is 105 cm³/mol. The van der Waals surface area contributed by atoms with Gasteiger partial charge in [-0.25, -0.2) is 0 Å².